The van der Waals surface area contributed by atoms with Crippen molar-refractivity contribution in [3.8, 4) is 0 Å². The zero-order valence-corrected chi connectivity index (χ0v) is 13.6. The minimum absolute atomic E-state index is 0.0227. The first-order chi connectivity index (χ1) is 9.84. The Bertz CT molecular complexity index is 746. The number of thiophene rings is 1. The smallest absolute Gasteiger partial charge is 0.243 e. The number of sulfonamides is 1. The number of hydrogen-bond acceptors (Lipinski definition) is 4. The van der Waals surface area contributed by atoms with Gasteiger partial charge in [-0.05, 0) is 30.3 Å². The van der Waals surface area contributed by atoms with Crippen molar-refractivity contribution in [3.05, 3.63) is 50.9 Å². The minimum Gasteiger partial charge on any atom is -0.326 e. The third-order valence-corrected chi connectivity index (χ3v) is 5.97. The molecule has 2 aromatic rings. The molecule has 0 fully saturated rings. The molecule has 0 radical (unpaired) electrons. The average Bonchev–Trinajstić information content (AvgIpc) is 2.84. The highest BCUT2D eigenvalue weighted by molar-refractivity contribution is 7.89. The first-order valence-electron chi connectivity index (χ1n) is 6.03. The van der Waals surface area contributed by atoms with Crippen LogP contribution < -0.4 is 5.73 Å². The molecule has 0 aliphatic rings. The van der Waals surface area contributed by atoms with Gasteiger partial charge < -0.3 is 5.73 Å². The fraction of sp³-hybridized carbons (Fsp3) is 0.231. The molecule has 4 nitrogen and oxygen atoms in total. The molecule has 1 heterocycles. The van der Waals surface area contributed by atoms with Crippen molar-refractivity contribution in [1.29, 1.82) is 0 Å². The van der Waals surface area contributed by atoms with E-state index in [0.29, 0.717) is 4.34 Å². The van der Waals surface area contributed by atoms with E-state index in [0.717, 1.165) is 10.9 Å². The van der Waals surface area contributed by atoms with Gasteiger partial charge in [-0.1, -0.05) is 11.6 Å². The number of halogens is 2. The Hall–Kier alpha value is -0.990. The Morgan fingerprint density at radius 3 is 2.62 bits per heavy atom. The van der Waals surface area contributed by atoms with Gasteiger partial charge in [0.2, 0.25) is 10.0 Å². The molecule has 0 amide bonds. The molecule has 0 saturated carbocycles. The molecular weight excluding hydrogens is 335 g/mol. The molecule has 8 heteroatoms. The lowest BCUT2D eigenvalue weighted by atomic mass is 10.2. The van der Waals surface area contributed by atoms with Gasteiger partial charge in [-0.25, -0.2) is 12.8 Å². The molecular formula is C13H14ClFN2O2S2. The summed E-state index contributed by atoms with van der Waals surface area (Å²) in [4.78, 5) is 0.849. The summed E-state index contributed by atoms with van der Waals surface area (Å²) >= 11 is 7.14. The van der Waals surface area contributed by atoms with Crippen molar-refractivity contribution in [1.82, 2.24) is 4.31 Å². The summed E-state index contributed by atoms with van der Waals surface area (Å²) in [6.07, 6.45) is 0. The highest BCUT2D eigenvalue weighted by atomic mass is 35.5. The van der Waals surface area contributed by atoms with E-state index in [1.54, 1.807) is 12.1 Å². The van der Waals surface area contributed by atoms with Gasteiger partial charge in [-0.15, -0.1) is 11.3 Å². The van der Waals surface area contributed by atoms with Crippen molar-refractivity contribution < 1.29 is 12.8 Å². The van der Waals surface area contributed by atoms with E-state index >= 15 is 0 Å². The molecule has 0 saturated heterocycles. The standard InChI is InChI=1S/C13H14ClFN2O2S2/c1-17(8-10-2-5-13(14)20-10)21(18,19)11-3-4-12(15)9(6-11)7-16/h2-6H,7-8,16H2,1H3. The fourth-order valence-corrected chi connectivity index (χ4v) is 4.21. The van der Waals surface area contributed by atoms with Gasteiger partial charge in [0.1, 0.15) is 5.82 Å². The van der Waals surface area contributed by atoms with Crippen molar-refractivity contribution in [3.63, 3.8) is 0 Å². The predicted octanol–water partition coefficient (Wildman–Crippen LogP) is 2.82. The van der Waals surface area contributed by atoms with E-state index in [4.69, 9.17) is 17.3 Å². The molecule has 2 N–H and O–H groups in total. The van der Waals surface area contributed by atoms with E-state index < -0.39 is 15.8 Å². The van der Waals surface area contributed by atoms with Crippen molar-refractivity contribution >= 4 is 33.0 Å². The highest BCUT2D eigenvalue weighted by Crippen LogP contribution is 2.25. The van der Waals surface area contributed by atoms with Crippen LogP contribution in [0.15, 0.2) is 35.2 Å². The summed E-state index contributed by atoms with van der Waals surface area (Å²) in [5.41, 5.74) is 5.57. The predicted molar refractivity (Wildman–Crippen MR) is 82.3 cm³/mol. The van der Waals surface area contributed by atoms with Crippen LogP contribution in [0.5, 0.6) is 0 Å². The summed E-state index contributed by atoms with van der Waals surface area (Å²) in [7, 11) is -2.24. The number of hydrogen-bond donors (Lipinski definition) is 1. The zero-order valence-electron chi connectivity index (χ0n) is 11.2. The highest BCUT2D eigenvalue weighted by Gasteiger charge is 2.22. The number of benzene rings is 1. The van der Waals surface area contributed by atoms with Crippen LogP contribution in [-0.2, 0) is 23.1 Å². The molecule has 114 valence electrons. The first-order valence-corrected chi connectivity index (χ1v) is 8.67. The van der Waals surface area contributed by atoms with E-state index in [2.05, 4.69) is 0 Å². The minimum atomic E-state index is -3.70. The summed E-state index contributed by atoms with van der Waals surface area (Å²) in [5, 5.41) is 0. The lowest BCUT2D eigenvalue weighted by Gasteiger charge is -2.17. The Balaban J connectivity index is 2.28. The molecule has 0 aliphatic carbocycles. The lowest BCUT2D eigenvalue weighted by Crippen LogP contribution is -2.26. The molecule has 0 atom stereocenters. The Morgan fingerprint density at radius 2 is 2.05 bits per heavy atom. The molecule has 0 unspecified atom stereocenters. The summed E-state index contributed by atoms with van der Waals surface area (Å²) in [6, 6.07) is 7.11. The molecule has 0 bridgehead atoms. The summed E-state index contributed by atoms with van der Waals surface area (Å²) in [6.45, 7) is 0.147. The Morgan fingerprint density at radius 1 is 1.33 bits per heavy atom. The van der Waals surface area contributed by atoms with Crippen LogP contribution >= 0.6 is 22.9 Å². The third kappa shape index (κ3) is 3.61. The quantitative estimate of drug-likeness (QED) is 0.903. The first kappa shape index (κ1) is 16.4. The number of nitrogens with zero attached hydrogens (tertiary/aromatic N) is 1. The van der Waals surface area contributed by atoms with E-state index in [1.807, 2.05) is 0 Å². The SMILES string of the molecule is CN(Cc1ccc(Cl)s1)S(=O)(=O)c1ccc(F)c(CN)c1. The second-order valence-electron chi connectivity index (χ2n) is 4.42. The molecule has 0 aliphatic heterocycles. The average molecular weight is 349 g/mol. The Labute approximate surface area is 132 Å². The maximum atomic E-state index is 13.4. The zero-order chi connectivity index (χ0) is 15.6. The van der Waals surface area contributed by atoms with Crippen LogP contribution in [0.4, 0.5) is 4.39 Å². The third-order valence-electron chi connectivity index (χ3n) is 2.95. The van der Waals surface area contributed by atoms with Gasteiger partial charge >= 0.3 is 0 Å². The number of nitrogens with two attached hydrogens (primary N) is 1. The van der Waals surface area contributed by atoms with Gasteiger partial charge in [-0.2, -0.15) is 4.31 Å². The van der Waals surface area contributed by atoms with E-state index in [-0.39, 0.29) is 23.5 Å². The number of rotatable bonds is 5. The van der Waals surface area contributed by atoms with Gasteiger partial charge in [0.25, 0.3) is 0 Å². The monoisotopic (exact) mass is 348 g/mol. The van der Waals surface area contributed by atoms with Gasteiger partial charge in [0.15, 0.2) is 0 Å². The molecule has 1 aromatic carbocycles. The Kier molecular flexibility index (Phi) is 5.00. The maximum absolute atomic E-state index is 13.4. The van der Waals surface area contributed by atoms with Gasteiger partial charge in [0.05, 0.1) is 9.23 Å². The van der Waals surface area contributed by atoms with Crippen molar-refractivity contribution in [2.45, 2.75) is 18.0 Å². The van der Waals surface area contributed by atoms with Crippen LogP contribution in [0.3, 0.4) is 0 Å². The summed E-state index contributed by atoms with van der Waals surface area (Å²) in [5.74, 6) is -0.510. The second kappa shape index (κ2) is 6.41. The van der Waals surface area contributed by atoms with Crippen LogP contribution in [0.1, 0.15) is 10.4 Å². The summed E-state index contributed by atoms with van der Waals surface area (Å²) < 4.78 is 40.1. The normalized spacial score (nSPS) is 12.0. The topological polar surface area (TPSA) is 63.4 Å². The maximum Gasteiger partial charge on any atom is 0.243 e. The van der Waals surface area contributed by atoms with Crippen molar-refractivity contribution in [2.75, 3.05) is 7.05 Å². The van der Waals surface area contributed by atoms with Crippen LogP contribution in [0, 0.1) is 5.82 Å². The molecule has 0 spiro atoms. The van der Waals surface area contributed by atoms with Crippen LogP contribution in [-0.4, -0.2) is 19.8 Å². The van der Waals surface area contributed by atoms with Crippen LogP contribution in [0.2, 0.25) is 4.34 Å². The van der Waals surface area contributed by atoms with Crippen LogP contribution in [0.25, 0.3) is 0 Å². The van der Waals surface area contributed by atoms with Crippen molar-refractivity contribution in [2.24, 2.45) is 5.73 Å². The lowest BCUT2D eigenvalue weighted by molar-refractivity contribution is 0.469. The van der Waals surface area contributed by atoms with E-state index in [1.165, 1.54) is 34.8 Å². The van der Waals surface area contributed by atoms with Gasteiger partial charge in [0, 0.05) is 30.6 Å². The second-order valence-corrected chi connectivity index (χ2v) is 8.27. The molecule has 21 heavy (non-hydrogen) atoms. The molecule has 2 rings (SSSR count). The van der Waals surface area contributed by atoms with Gasteiger partial charge in [-0.3, -0.25) is 0 Å². The largest absolute Gasteiger partial charge is 0.326 e. The molecule has 1 aromatic heterocycles. The fourth-order valence-electron chi connectivity index (χ4n) is 1.79. The van der Waals surface area contributed by atoms with E-state index in [9.17, 15) is 12.8 Å².